The van der Waals surface area contributed by atoms with Gasteiger partial charge in [0.05, 0.1) is 0 Å². The minimum atomic E-state index is -0.832. The Bertz CT molecular complexity index is 287. The molecule has 0 spiro atoms. The minimum Gasteiger partial charge on any atom is -0.481 e. The summed E-state index contributed by atoms with van der Waals surface area (Å²) in [5.74, 6) is -0.286. The van der Waals surface area contributed by atoms with E-state index in [0.717, 1.165) is 0 Å². The smallest absolute Gasteiger partial charge is 0.303 e. The highest BCUT2D eigenvalue weighted by Crippen LogP contribution is 2.22. The molecule has 0 rings (SSSR count). The van der Waals surface area contributed by atoms with Crippen LogP contribution >= 0.6 is 0 Å². The average molecular weight is 257 g/mol. The molecule has 18 heavy (non-hydrogen) atoms. The van der Waals surface area contributed by atoms with Gasteiger partial charge in [0.25, 0.3) is 0 Å². The van der Waals surface area contributed by atoms with Crippen molar-refractivity contribution in [3.05, 3.63) is 0 Å². The maximum absolute atomic E-state index is 12.2. The summed E-state index contributed by atoms with van der Waals surface area (Å²) in [5.41, 5.74) is -0.475. The molecule has 4 nitrogen and oxygen atoms in total. The molecule has 0 aliphatic rings. The van der Waals surface area contributed by atoms with Crippen molar-refractivity contribution in [2.75, 3.05) is 0 Å². The Balaban J connectivity index is 4.56. The zero-order chi connectivity index (χ0) is 14.5. The van der Waals surface area contributed by atoms with Crippen LogP contribution in [0.1, 0.15) is 54.4 Å². The molecule has 4 heteroatoms. The largest absolute Gasteiger partial charge is 0.481 e. The van der Waals surface area contributed by atoms with Crippen molar-refractivity contribution >= 4 is 11.9 Å². The lowest BCUT2D eigenvalue weighted by Crippen LogP contribution is -2.48. The Labute approximate surface area is 110 Å². The number of carbonyl (C=O) groups excluding carboxylic acids is 1. The molecule has 0 atom stereocenters. The molecule has 0 bridgehead atoms. The van der Waals surface area contributed by atoms with Crippen molar-refractivity contribution in [2.24, 2.45) is 17.8 Å². The summed E-state index contributed by atoms with van der Waals surface area (Å²) in [6.45, 7) is 11.9. The summed E-state index contributed by atoms with van der Waals surface area (Å²) >= 11 is 0. The van der Waals surface area contributed by atoms with Gasteiger partial charge in [-0.15, -0.1) is 0 Å². The monoisotopic (exact) mass is 257 g/mol. The molecule has 1 amide bonds. The van der Waals surface area contributed by atoms with Crippen molar-refractivity contribution < 1.29 is 14.7 Å². The SMILES string of the molecule is CC(C)C(C(=O)NC(C)(C)CCC(=O)O)C(C)C. The van der Waals surface area contributed by atoms with Crippen molar-refractivity contribution in [2.45, 2.75) is 59.9 Å². The molecule has 0 heterocycles. The van der Waals surface area contributed by atoms with Crippen LogP contribution in [-0.2, 0) is 9.59 Å². The van der Waals surface area contributed by atoms with Crippen LogP contribution in [0.5, 0.6) is 0 Å². The molecule has 0 unspecified atom stereocenters. The van der Waals surface area contributed by atoms with Crippen molar-refractivity contribution in [3.8, 4) is 0 Å². The van der Waals surface area contributed by atoms with E-state index in [2.05, 4.69) is 5.32 Å². The molecule has 0 aliphatic heterocycles. The Kier molecular flexibility index (Phi) is 6.36. The Morgan fingerprint density at radius 2 is 1.56 bits per heavy atom. The predicted octanol–water partition coefficient (Wildman–Crippen LogP) is 2.67. The number of carboxylic acids is 1. The lowest BCUT2D eigenvalue weighted by Gasteiger charge is -2.31. The summed E-state index contributed by atoms with van der Waals surface area (Å²) in [6.07, 6.45) is 0.512. The zero-order valence-corrected chi connectivity index (χ0v) is 12.4. The van der Waals surface area contributed by atoms with Gasteiger partial charge in [-0.25, -0.2) is 0 Å². The van der Waals surface area contributed by atoms with Crippen LogP contribution in [0, 0.1) is 17.8 Å². The highest BCUT2D eigenvalue weighted by atomic mass is 16.4. The van der Waals surface area contributed by atoms with Gasteiger partial charge in [-0.3, -0.25) is 9.59 Å². The van der Waals surface area contributed by atoms with E-state index in [-0.39, 0.29) is 30.1 Å². The summed E-state index contributed by atoms with van der Waals surface area (Å²) in [6, 6.07) is 0. The molecule has 0 radical (unpaired) electrons. The van der Waals surface area contributed by atoms with Gasteiger partial charge in [-0.2, -0.15) is 0 Å². The van der Waals surface area contributed by atoms with Gasteiger partial charge >= 0.3 is 5.97 Å². The van der Waals surface area contributed by atoms with E-state index in [1.807, 2.05) is 41.5 Å². The van der Waals surface area contributed by atoms with Crippen LogP contribution in [0.3, 0.4) is 0 Å². The maximum atomic E-state index is 12.2. The Morgan fingerprint density at radius 1 is 1.11 bits per heavy atom. The molecule has 2 N–H and O–H groups in total. The van der Waals surface area contributed by atoms with Crippen molar-refractivity contribution in [1.82, 2.24) is 5.32 Å². The Morgan fingerprint density at radius 3 is 1.89 bits per heavy atom. The van der Waals surface area contributed by atoms with Crippen LogP contribution in [0.2, 0.25) is 0 Å². The second-order valence-electron chi connectivity index (χ2n) is 6.28. The first-order chi connectivity index (χ1) is 8.07. The standard InChI is InChI=1S/C14H27NO3/c1-9(2)12(10(3)4)13(18)15-14(5,6)8-7-11(16)17/h9-10,12H,7-8H2,1-6H3,(H,15,18)(H,16,17). The third-order valence-electron chi connectivity index (χ3n) is 3.16. The summed E-state index contributed by atoms with van der Waals surface area (Å²) < 4.78 is 0. The highest BCUT2D eigenvalue weighted by molar-refractivity contribution is 5.80. The number of hydrogen-bond donors (Lipinski definition) is 2. The minimum absolute atomic E-state index is 0.0235. The zero-order valence-electron chi connectivity index (χ0n) is 12.4. The van der Waals surface area contributed by atoms with Gasteiger partial charge in [-0.05, 0) is 32.1 Å². The van der Waals surface area contributed by atoms with E-state index < -0.39 is 11.5 Å². The first-order valence-electron chi connectivity index (χ1n) is 6.60. The molecule has 0 fully saturated rings. The fraction of sp³-hybridized carbons (Fsp3) is 0.857. The van der Waals surface area contributed by atoms with Gasteiger partial charge in [0.15, 0.2) is 0 Å². The highest BCUT2D eigenvalue weighted by Gasteiger charge is 2.30. The number of carbonyl (C=O) groups is 2. The van der Waals surface area contributed by atoms with Gasteiger partial charge in [0.1, 0.15) is 0 Å². The second kappa shape index (κ2) is 6.76. The molecular weight excluding hydrogens is 230 g/mol. The van der Waals surface area contributed by atoms with Crippen molar-refractivity contribution in [1.29, 1.82) is 0 Å². The number of amides is 1. The van der Waals surface area contributed by atoms with E-state index in [1.165, 1.54) is 0 Å². The Hall–Kier alpha value is -1.06. The summed E-state index contributed by atoms with van der Waals surface area (Å²) in [7, 11) is 0. The first-order valence-corrected chi connectivity index (χ1v) is 6.60. The van der Waals surface area contributed by atoms with Gasteiger partial charge in [0.2, 0.25) is 5.91 Å². The number of hydrogen-bond acceptors (Lipinski definition) is 2. The fourth-order valence-electron chi connectivity index (χ4n) is 2.27. The van der Waals surface area contributed by atoms with Gasteiger partial charge in [0, 0.05) is 17.9 Å². The van der Waals surface area contributed by atoms with E-state index in [1.54, 1.807) is 0 Å². The second-order valence-corrected chi connectivity index (χ2v) is 6.28. The van der Waals surface area contributed by atoms with E-state index in [9.17, 15) is 9.59 Å². The van der Waals surface area contributed by atoms with Crippen LogP contribution in [-0.4, -0.2) is 22.5 Å². The number of aliphatic carboxylic acids is 1. The third kappa shape index (κ3) is 6.03. The topological polar surface area (TPSA) is 66.4 Å². The molecule has 0 aromatic heterocycles. The molecule has 106 valence electrons. The molecule has 0 saturated carbocycles. The molecule has 0 aromatic rings. The summed E-state index contributed by atoms with van der Waals surface area (Å²) in [5, 5.41) is 11.7. The average Bonchev–Trinajstić information content (AvgIpc) is 2.12. The number of rotatable bonds is 7. The van der Waals surface area contributed by atoms with Crippen molar-refractivity contribution in [3.63, 3.8) is 0 Å². The maximum Gasteiger partial charge on any atom is 0.303 e. The van der Waals surface area contributed by atoms with E-state index in [4.69, 9.17) is 5.11 Å². The fourth-order valence-corrected chi connectivity index (χ4v) is 2.27. The van der Waals surface area contributed by atoms with Crippen LogP contribution in [0.4, 0.5) is 0 Å². The first kappa shape index (κ1) is 16.9. The normalized spacial score (nSPS) is 12.3. The van der Waals surface area contributed by atoms with E-state index >= 15 is 0 Å². The molecule has 0 saturated heterocycles. The predicted molar refractivity (Wildman–Crippen MR) is 72.3 cm³/mol. The van der Waals surface area contributed by atoms with Crippen LogP contribution in [0.15, 0.2) is 0 Å². The summed E-state index contributed by atoms with van der Waals surface area (Å²) in [4.78, 5) is 22.8. The lowest BCUT2D eigenvalue weighted by atomic mass is 9.84. The quantitative estimate of drug-likeness (QED) is 0.737. The van der Waals surface area contributed by atoms with Crippen LogP contribution in [0.25, 0.3) is 0 Å². The van der Waals surface area contributed by atoms with Gasteiger partial charge in [-0.1, -0.05) is 27.7 Å². The molecular formula is C14H27NO3. The van der Waals surface area contributed by atoms with E-state index in [0.29, 0.717) is 6.42 Å². The number of carboxylic acid groups (broad SMARTS) is 1. The van der Waals surface area contributed by atoms with Gasteiger partial charge < -0.3 is 10.4 Å². The molecule has 0 aromatic carbocycles. The van der Waals surface area contributed by atoms with Crippen LogP contribution < -0.4 is 5.32 Å². The lowest BCUT2D eigenvalue weighted by molar-refractivity contribution is -0.138. The molecule has 0 aliphatic carbocycles. The number of nitrogens with one attached hydrogen (secondary N) is 1. The third-order valence-corrected chi connectivity index (χ3v) is 3.16.